The summed E-state index contributed by atoms with van der Waals surface area (Å²) in [5.41, 5.74) is 1.96. The Hall–Kier alpha value is -1.39. The van der Waals surface area contributed by atoms with Crippen LogP contribution in [0.2, 0.25) is 0 Å². The van der Waals surface area contributed by atoms with Gasteiger partial charge in [-0.3, -0.25) is 4.79 Å². The minimum Gasteiger partial charge on any atom is -0.368 e. The number of carbonyl (C=O) groups excluding carboxylic acids is 1. The summed E-state index contributed by atoms with van der Waals surface area (Å²) in [6.45, 7) is 4.47. The summed E-state index contributed by atoms with van der Waals surface area (Å²) < 4.78 is 5.52. The minimum atomic E-state index is -0.642. The highest BCUT2D eigenvalue weighted by molar-refractivity contribution is 5.85. The Bertz CT molecular complexity index is 450. The Morgan fingerprint density at radius 3 is 2.43 bits per heavy atom. The van der Waals surface area contributed by atoms with Crippen molar-refractivity contribution in [1.82, 2.24) is 10.6 Å². The van der Waals surface area contributed by atoms with Crippen LogP contribution in [-0.2, 0) is 22.4 Å². The van der Waals surface area contributed by atoms with Crippen LogP contribution in [0.3, 0.4) is 0 Å². The number of piperidine rings is 1. The Labute approximate surface area is 127 Å². The van der Waals surface area contributed by atoms with Crippen molar-refractivity contribution in [3.8, 4) is 0 Å². The fourth-order valence-electron chi connectivity index (χ4n) is 2.78. The molecule has 4 nitrogen and oxygen atoms in total. The molecule has 1 aliphatic rings. The zero-order valence-corrected chi connectivity index (χ0v) is 13.1. The van der Waals surface area contributed by atoms with E-state index >= 15 is 0 Å². The molecule has 0 spiro atoms. The summed E-state index contributed by atoms with van der Waals surface area (Å²) in [7, 11) is 1.63. The molecular formula is C17H26N2O2. The molecule has 0 aliphatic carbocycles. The normalized spacial score (nSPS) is 17.4. The predicted octanol–water partition coefficient (Wildman–Crippen LogP) is 1.68. The predicted molar refractivity (Wildman–Crippen MR) is 84.4 cm³/mol. The highest BCUT2D eigenvalue weighted by Gasteiger charge is 2.39. The molecule has 0 aromatic heterocycles. The molecule has 1 aromatic rings. The molecule has 1 fully saturated rings. The van der Waals surface area contributed by atoms with Crippen LogP contribution in [0.25, 0.3) is 0 Å². The number of ether oxygens (including phenoxy) is 1. The highest BCUT2D eigenvalue weighted by Crippen LogP contribution is 2.22. The van der Waals surface area contributed by atoms with Crippen molar-refractivity contribution >= 4 is 5.91 Å². The van der Waals surface area contributed by atoms with E-state index < -0.39 is 5.60 Å². The summed E-state index contributed by atoms with van der Waals surface area (Å²) in [4.78, 5) is 12.4. The lowest BCUT2D eigenvalue weighted by atomic mass is 9.91. The summed E-state index contributed by atoms with van der Waals surface area (Å²) in [6.07, 6.45) is 3.39. The average Bonchev–Trinajstić information content (AvgIpc) is 2.56. The highest BCUT2D eigenvalue weighted by atomic mass is 16.5. The first-order chi connectivity index (χ1) is 10.2. The number of rotatable bonds is 6. The van der Waals surface area contributed by atoms with Crippen LogP contribution in [0.1, 0.15) is 30.9 Å². The maximum atomic E-state index is 12.4. The van der Waals surface area contributed by atoms with Crippen LogP contribution in [-0.4, -0.2) is 38.3 Å². The third-order valence-corrected chi connectivity index (χ3v) is 4.35. The zero-order chi connectivity index (χ0) is 15.1. The van der Waals surface area contributed by atoms with E-state index in [-0.39, 0.29) is 5.91 Å². The lowest BCUT2D eigenvalue weighted by molar-refractivity contribution is -0.146. The van der Waals surface area contributed by atoms with Gasteiger partial charge in [-0.25, -0.2) is 0 Å². The first kappa shape index (κ1) is 16.0. The molecule has 1 heterocycles. The van der Waals surface area contributed by atoms with Crippen molar-refractivity contribution in [2.45, 2.75) is 38.2 Å². The molecule has 2 rings (SSSR count). The first-order valence-corrected chi connectivity index (χ1v) is 7.82. The van der Waals surface area contributed by atoms with E-state index in [1.54, 1.807) is 7.11 Å². The molecule has 2 N–H and O–H groups in total. The summed E-state index contributed by atoms with van der Waals surface area (Å²) in [6, 6.07) is 8.59. The standard InChI is InChI=1S/C17H26N2O2/c1-3-14-4-6-15(7-5-14)8-11-19-16(20)17(21-2)9-12-18-13-10-17/h4-7,18H,3,8-13H2,1-2H3,(H,19,20). The Kier molecular flexibility index (Phi) is 5.76. The van der Waals surface area contributed by atoms with Crippen molar-refractivity contribution in [3.05, 3.63) is 35.4 Å². The van der Waals surface area contributed by atoms with Gasteiger partial charge in [0.15, 0.2) is 0 Å². The Morgan fingerprint density at radius 1 is 1.24 bits per heavy atom. The van der Waals surface area contributed by atoms with Crippen LogP contribution in [0, 0.1) is 0 Å². The van der Waals surface area contributed by atoms with Gasteiger partial charge in [-0.2, -0.15) is 0 Å². The van der Waals surface area contributed by atoms with Gasteiger partial charge >= 0.3 is 0 Å². The van der Waals surface area contributed by atoms with Crippen molar-refractivity contribution in [2.75, 3.05) is 26.7 Å². The smallest absolute Gasteiger partial charge is 0.252 e. The molecule has 0 bridgehead atoms. The molecule has 0 saturated carbocycles. The second kappa shape index (κ2) is 7.57. The number of hydrogen-bond donors (Lipinski definition) is 2. The number of benzene rings is 1. The molecule has 1 aromatic carbocycles. The topological polar surface area (TPSA) is 50.4 Å². The fourth-order valence-corrected chi connectivity index (χ4v) is 2.78. The van der Waals surface area contributed by atoms with Crippen LogP contribution in [0.4, 0.5) is 0 Å². The first-order valence-electron chi connectivity index (χ1n) is 7.82. The second-order valence-electron chi connectivity index (χ2n) is 5.62. The molecule has 1 amide bonds. The number of aryl methyl sites for hydroxylation is 1. The van der Waals surface area contributed by atoms with Gasteiger partial charge in [-0.15, -0.1) is 0 Å². The number of carbonyl (C=O) groups is 1. The number of amides is 1. The monoisotopic (exact) mass is 290 g/mol. The maximum absolute atomic E-state index is 12.4. The van der Waals surface area contributed by atoms with Crippen LogP contribution >= 0.6 is 0 Å². The molecular weight excluding hydrogens is 264 g/mol. The van der Waals surface area contributed by atoms with Crippen molar-refractivity contribution < 1.29 is 9.53 Å². The van der Waals surface area contributed by atoms with Gasteiger partial charge in [0.1, 0.15) is 5.60 Å². The van der Waals surface area contributed by atoms with Gasteiger partial charge in [-0.1, -0.05) is 31.2 Å². The van der Waals surface area contributed by atoms with Gasteiger partial charge in [0.25, 0.3) is 5.91 Å². The van der Waals surface area contributed by atoms with E-state index in [1.807, 2.05) is 0 Å². The second-order valence-corrected chi connectivity index (χ2v) is 5.62. The van der Waals surface area contributed by atoms with Crippen molar-refractivity contribution in [2.24, 2.45) is 0 Å². The molecule has 0 atom stereocenters. The Morgan fingerprint density at radius 2 is 1.86 bits per heavy atom. The summed E-state index contributed by atoms with van der Waals surface area (Å²) in [5.74, 6) is 0.0247. The van der Waals surface area contributed by atoms with Gasteiger partial charge in [0.05, 0.1) is 0 Å². The molecule has 0 radical (unpaired) electrons. The number of methoxy groups -OCH3 is 1. The van der Waals surface area contributed by atoms with E-state index in [4.69, 9.17) is 4.74 Å². The molecule has 21 heavy (non-hydrogen) atoms. The number of hydrogen-bond acceptors (Lipinski definition) is 3. The van der Waals surface area contributed by atoms with Crippen LogP contribution in [0.15, 0.2) is 24.3 Å². The SMILES string of the molecule is CCc1ccc(CCNC(=O)C2(OC)CCNCC2)cc1. The van der Waals surface area contributed by atoms with Crippen LogP contribution in [0.5, 0.6) is 0 Å². The van der Waals surface area contributed by atoms with E-state index in [0.717, 1.165) is 38.8 Å². The largest absolute Gasteiger partial charge is 0.368 e. The molecule has 116 valence electrons. The fraction of sp³-hybridized carbons (Fsp3) is 0.588. The lowest BCUT2D eigenvalue weighted by Crippen LogP contribution is -2.54. The summed E-state index contributed by atoms with van der Waals surface area (Å²) >= 11 is 0. The minimum absolute atomic E-state index is 0.0247. The molecule has 4 heteroatoms. The molecule has 0 unspecified atom stereocenters. The van der Waals surface area contributed by atoms with E-state index in [1.165, 1.54) is 11.1 Å². The number of nitrogens with one attached hydrogen (secondary N) is 2. The van der Waals surface area contributed by atoms with Crippen molar-refractivity contribution in [1.29, 1.82) is 0 Å². The maximum Gasteiger partial charge on any atom is 0.252 e. The van der Waals surface area contributed by atoms with Crippen molar-refractivity contribution in [3.63, 3.8) is 0 Å². The zero-order valence-electron chi connectivity index (χ0n) is 13.1. The third-order valence-electron chi connectivity index (χ3n) is 4.35. The quantitative estimate of drug-likeness (QED) is 0.838. The Balaban J connectivity index is 1.82. The van der Waals surface area contributed by atoms with Gasteiger partial charge in [0, 0.05) is 13.7 Å². The average molecular weight is 290 g/mol. The molecule has 1 saturated heterocycles. The van der Waals surface area contributed by atoms with Gasteiger partial charge in [-0.05, 0) is 49.9 Å². The van der Waals surface area contributed by atoms with E-state index in [2.05, 4.69) is 41.8 Å². The van der Waals surface area contributed by atoms with Gasteiger partial charge < -0.3 is 15.4 Å². The van der Waals surface area contributed by atoms with E-state index in [9.17, 15) is 4.79 Å². The van der Waals surface area contributed by atoms with E-state index in [0.29, 0.717) is 6.54 Å². The summed E-state index contributed by atoms with van der Waals surface area (Å²) in [5, 5.41) is 6.29. The molecule has 1 aliphatic heterocycles. The third kappa shape index (κ3) is 4.05. The lowest BCUT2D eigenvalue weighted by Gasteiger charge is -2.34. The van der Waals surface area contributed by atoms with Gasteiger partial charge in [0.2, 0.25) is 0 Å². The van der Waals surface area contributed by atoms with Crippen LogP contribution < -0.4 is 10.6 Å².